The zero-order valence-electron chi connectivity index (χ0n) is 20.5. The Bertz CT molecular complexity index is 1470. The standard InChI is InChI=1S/C26H29N9O/c1-3-33(17-18-9-5-4-6-10-18)24(26-28-30-31-34(26)20-11-7-8-12-20)22-15-19-13-14-21(36-2)16-23(19)35-25(22)27-29-32-35/h4-6,9-10,13-16,20,24H,3,7-8,11-12,17H2,1-2H3. The number of aromatic nitrogens is 8. The molecule has 2 aromatic carbocycles. The number of ether oxygens (including phenoxy) is 1. The van der Waals surface area contributed by atoms with Gasteiger partial charge >= 0.3 is 0 Å². The summed E-state index contributed by atoms with van der Waals surface area (Å²) >= 11 is 0. The molecule has 3 heterocycles. The van der Waals surface area contributed by atoms with E-state index in [2.05, 4.69) is 73.2 Å². The number of benzene rings is 2. The van der Waals surface area contributed by atoms with Gasteiger partial charge in [-0.15, -0.1) is 10.2 Å². The van der Waals surface area contributed by atoms with Crippen LogP contribution in [0.3, 0.4) is 0 Å². The average molecular weight is 484 g/mol. The molecule has 0 radical (unpaired) electrons. The Morgan fingerprint density at radius 1 is 1.00 bits per heavy atom. The van der Waals surface area contributed by atoms with E-state index in [9.17, 15) is 0 Å². The number of tetrazole rings is 2. The lowest BCUT2D eigenvalue weighted by Gasteiger charge is -2.31. The Morgan fingerprint density at radius 2 is 1.81 bits per heavy atom. The number of fused-ring (bicyclic) bond motifs is 3. The van der Waals surface area contributed by atoms with Crippen LogP contribution in [0, 0.1) is 0 Å². The molecule has 0 spiro atoms. The van der Waals surface area contributed by atoms with Crippen molar-refractivity contribution in [2.75, 3.05) is 13.7 Å². The van der Waals surface area contributed by atoms with Crippen LogP contribution < -0.4 is 4.74 Å². The summed E-state index contributed by atoms with van der Waals surface area (Å²) in [6, 6.07) is 18.7. The monoisotopic (exact) mass is 483 g/mol. The van der Waals surface area contributed by atoms with E-state index in [0.717, 1.165) is 54.0 Å². The minimum Gasteiger partial charge on any atom is -0.497 e. The van der Waals surface area contributed by atoms with Crippen LogP contribution in [0.5, 0.6) is 5.75 Å². The third-order valence-electron chi connectivity index (χ3n) is 7.23. The lowest BCUT2D eigenvalue weighted by molar-refractivity contribution is 0.212. The van der Waals surface area contributed by atoms with E-state index < -0.39 is 0 Å². The molecule has 10 nitrogen and oxygen atoms in total. The summed E-state index contributed by atoms with van der Waals surface area (Å²) in [7, 11) is 1.66. The number of pyridine rings is 1. The number of rotatable bonds is 8. The molecule has 5 aromatic rings. The van der Waals surface area contributed by atoms with Gasteiger partial charge < -0.3 is 4.74 Å². The van der Waals surface area contributed by atoms with Gasteiger partial charge in [0, 0.05) is 23.6 Å². The van der Waals surface area contributed by atoms with E-state index >= 15 is 0 Å². The van der Waals surface area contributed by atoms with Gasteiger partial charge in [-0.3, -0.25) is 4.90 Å². The molecule has 1 saturated carbocycles. The van der Waals surface area contributed by atoms with Gasteiger partial charge in [-0.05, 0) is 64.0 Å². The van der Waals surface area contributed by atoms with Crippen molar-refractivity contribution in [1.29, 1.82) is 0 Å². The highest BCUT2D eigenvalue weighted by atomic mass is 16.5. The second-order valence-corrected chi connectivity index (χ2v) is 9.31. The van der Waals surface area contributed by atoms with Crippen molar-refractivity contribution < 1.29 is 4.74 Å². The maximum atomic E-state index is 5.46. The van der Waals surface area contributed by atoms with Gasteiger partial charge in [-0.2, -0.15) is 4.52 Å². The minimum atomic E-state index is -0.231. The molecule has 0 saturated heterocycles. The maximum Gasteiger partial charge on any atom is 0.185 e. The van der Waals surface area contributed by atoms with Crippen LogP contribution >= 0.6 is 0 Å². The normalized spacial score (nSPS) is 15.3. The third-order valence-corrected chi connectivity index (χ3v) is 7.23. The first-order valence-electron chi connectivity index (χ1n) is 12.5. The Kier molecular flexibility index (Phi) is 6.02. The lowest BCUT2D eigenvalue weighted by Crippen LogP contribution is -2.32. The first kappa shape index (κ1) is 22.5. The van der Waals surface area contributed by atoms with Crippen molar-refractivity contribution >= 4 is 16.6 Å². The third kappa shape index (κ3) is 3.97. The lowest BCUT2D eigenvalue weighted by atomic mass is 10.0. The van der Waals surface area contributed by atoms with Crippen LogP contribution in [-0.2, 0) is 6.54 Å². The number of methoxy groups -OCH3 is 1. The largest absolute Gasteiger partial charge is 0.497 e. The van der Waals surface area contributed by atoms with Crippen molar-refractivity contribution in [3.05, 3.63) is 71.5 Å². The zero-order valence-corrected chi connectivity index (χ0v) is 20.5. The van der Waals surface area contributed by atoms with Gasteiger partial charge in [0.1, 0.15) is 11.8 Å². The second kappa shape index (κ2) is 9.62. The summed E-state index contributed by atoms with van der Waals surface area (Å²) in [4.78, 5) is 2.39. The Balaban J connectivity index is 1.56. The average Bonchev–Trinajstić information content (AvgIpc) is 3.70. The first-order chi connectivity index (χ1) is 17.8. The molecule has 10 heteroatoms. The van der Waals surface area contributed by atoms with Crippen LogP contribution in [0.4, 0.5) is 0 Å². The van der Waals surface area contributed by atoms with Crippen LogP contribution in [0.2, 0.25) is 0 Å². The molecule has 3 aromatic heterocycles. The summed E-state index contributed by atoms with van der Waals surface area (Å²) in [5.41, 5.74) is 3.78. The topological polar surface area (TPSA) is 99.2 Å². The fourth-order valence-electron chi connectivity index (χ4n) is 5.41. The van der Waals surface area contributed by atoms with Crippen LogP contribution in [-0.4, -0.2) is 58.8 Å². The SMILES string of the molecule is CCN(Cc1ccccc1)C(c1cc2ccc(OC)cc2n2nnnc12)c1nnnn1C1CCCC1. The van der Waals surface area contributed by atoms with E-state index in [-0.39, 0.29) is 6.04 Å². The Labute approximate surface area is 208 Å². The van der Waals surface area contributed by atoms with E-state index in [1.165, 1.54) is 18.4 Å². The van der Waals surface area contributed by atoms with Gasteiger partial charge in [0.05, 0.1) is 18.7 Å². The van der Waals surface area contributed by atoms with Crippen molar-refractivity contribution in [2.24, 2.45) is 0 Å². The molecule has 0 aliphatic heterocycles. The molecule has 1 atom stereocenters. The maximum absolute atomic E-state index is 5.46. The molecule has 1 unspecified atom stereocenters. The van der Waals surface area contributed by atoms with E-state index in [0.29, 0.717) is 11.7 Å². The minimum absolute atomic E-state index is 0.231. The molecule has 6 rings (SSSR count). The fraction of sp³-hybridized carbons (Fsp3) is 0.385. The van der Waals surface area contributed by atoms with Crippen molar-refractivity contribution in [1.82, 2.24) is 45.1 Å². The number of hydrogen-bond donors (Lipinski definition) is 0. The number of nitrogens with zero attached hydrogens (tertiary/aromatic N) is 9. The first-order valence-corrected chi connectivity index (χ1v) is 12.5. The van der Waals surface area contributed by atoms with E-state index in [1.54, 1.807) is 11.6 Å². The molecule has 1 fully saturated rings. The predicted molar refractivity (Wildman–Crippen MR) is 135 cm³/mol. The molecule has 0 N–H and O–H groups in total. The molecule has 1 aliphatic carbocycles. The molecule has 0 bridgehead atoms. The van der Waals surface area contributed by atoms with Gasteiger partial charge in [0.15, 0.2) is 11.5 Å². The molecule has 184 valence electrons. The predicted octanol–water partition coefficient (Wildman–Crippen LogP) is 4.00. The molecule has 0 amide bonds. The Hall–Kier alpha value is -3.92. The van der Waals surface area contributed by atoms with Crippen molar-refractivity contribution in [3.8, 4) is 5.75 Å². The summed E-state index contributed by atoms with van der Waals surface area (Å²) in [6.45, 7) is 3.71. The summed E-state index contributed by atoms with van der Waals surface area (Å²) in [6.07, 6.45) is 4.59. The van der Waals surface area contributed by atoms with E-state index in [1.807, 2.05) is 28.9 Å². The van der Waals surface area contributed by atoms with Gasteiger partial charge in [0.25, 0.3) is 0 Å². The van der Waals surface area contributed by atoms with Crippen LogP contribution in [0.25, 0.3) is 16.6 Å². The Morgan fingerprint density at radius 3 is 2.58 bits per heavy atom. The summed E-state index contributed by atoms with van der Waals surface area (Å²) < 4.78 is 9.30. The van der Waals surface area contributed by atoms with Crippen molar-refractivity contribution in [2.45, 2.75) is 51.2 Å². The van der Waals surface area contributed by atoms with Gasteiger partial charge in [-0.25, -0.2) is 4.68 Å². The summed E-state index contributed by atoms with van der Waals surface area (Å²) in [5.74, 6) is 1.59. The highest BCUT2D eigenvalue weighted by molar-refractivity contribution is 5.84. The molecule has 36 heavy (non-hydrogen) atoms. The fourth-order valence-corrected chi connectivity index (χ4v) is 5.41. The van der Waals surface area contributed by atoms with Gasteiger partial charge in [0.2, 0.25) is 0 Å². The smallest absolute Gasteiger partial charge is 0.185 e. The van der Waals surface area contributed by atoms with E-state index in [4.69, 9.17) is 4.74 Å². The highest BCUT2D eigenvalue weighted by Crippen LogP contribution is 2.37. The summed E-state index contributed by atoms with van der Waals surface area (Å²) in [5, 5.41) is 27.1. The van der Waals surface area contributed by atoms with Crippen molar-refractivity contribution in [3.63, 3.8) is 0 Å². The molecule has 1 aliphatic rings. The van der Waals surface area contributed by atoms with Crippen LogP contribution in [0.1, 0.15) is 61.6 Å². The molecular formula is C26H29N9O. The number of hydrogen-bond acceptors (Lipinski definition) is 8. The van der Waals surface area contributed by atoms with Gasteiger partial charge in [-0.1, -0.05) is 50.1 Å². The van der Waals surface area contributed by atoms with Crippen LogP contribution in [0.15, 0.2) is 54.6 Å². The second-order valence-electron chi connectivity index (χ2n) is 9.31. The highest BCUT2D eigenvalue weighted by Gasteiger charge is 2.33. The quantitative estimate of drug-likeness (QED) is 0.327. The zero-order chi connectivity index (χ0) is 24.5. The molecular weight excluding hydrogens is 454 g/mol.